The van der Waals surface area contributed by atoms with Crippen molar-refractivity contribution in [2.75, 3.05) is 47.3 Å². The summed E-state index contributed by atoms with van der Waals surface area (Å²) in [6, 6.07) is 0. The van der Waals surface area contributed by atoms with Crippen molar-refractivity contribution in [3.63, 3.8) is 0 Å². The lowest BCUT2D eigenvalue weighted by Crippen LogP contribution is -2.67. The first kappa shape index (κ1) is 75.7. The molecule has 0 aromatic heterocycles. The molecule has 11 aliphatic rings. The number of hydrogen-bond acceptors (Lipinski definition) is 31. The number of carbonyl (C=O) groups is 2. The van der Waals surface area contributed by atoms with E-state index in [0.29, 0.717) is 38.5 Å². The van der Waals surface area contributed by atoms with E-state index in [1.54, 1.807) is 0 Å². The van der Waals surface area contributed by atoms with Crippen LogP contribution in [0.25, 0.3) is 0 Å². The van der Waals surface area contributed by atoms with Crippen LogP contribution < -0.4 is 0 Å². The van der Waals surface area contributed by atoms with E-state index in [1.807, 2.05) is 13.8 Å². The maximum Gasteiger partial charge on any atom is 0.314 e. The normalized spacial score (nSPS) is 52.1. The van der Waals surface area contributed by atoms with Gasteiger partial charge in [-0.2, -0.15) is 0 Å². The number of allylic oxidation sites excluding steroid dienone is 3. The second-order valence-corrected chi connectivity index (χ2v) is 30.2. The minimum atomic E-state index is -2.03. The number of methoxy groups -OCH3 is 2. The minimum Gasteiger partial charge on any atom is -0.458 e. The van der Waals surface area contributed by atoms with Crippen molar-refractivity contribution in [2.45, 2.75) is 290 Å². The van der Waals surface area contributed by atoms with Crippen LogP contribution >= 0.6 is 0 Å². The van der Waals surface area contributed by atoms with Gasteiger partial charge in [-0.05, 0) is 100 Å². The van der Waals surface area contributed by atoms with Gasteiger partial charge in [0.1, 0.15) is 140 Å². The molecule has 31 heteroatoms. The largest absolute Gasteiger partial charge is 0.458 e. The zero-order valence-corrected chi connectivity index (χ0v) is 56.4. The monoisotopic (exact) mass is 1390 g/mol. The maximum atomic E-state index is 14.6. The average Bonchev–Trinajstić information content (AvgIpc) is 1.52. The Kier molecular flexibility index (Phi) is 22.8. The molecular weight excluding hydrogens is 1290 g/mol. The number of aliphatic hydroxyl groups excluding tert-OH is 14. The van der Waals surface area contributed by atoms with Crippen molar-refractivity contribution in [2.24, 2.45) is 39.4 Å². The molecule has 4 aliphatic carbocycles. The third-order valence-electron chi connectivity index (χ3n) is 24.0. The molecule has 0 bridgehead atoms. The van der Waals surface area contributed by atoms with Gasteiger partial charge in [-0.3, -0.25) is 9.59 Å². The SMILES string of the molecule is C=C(C)CCC[C@]1(C)OC(=O)C23CC=C4C(CCC5C(C)(C)[C@@H](OC6OCC(OC7OC(CO)C(O)C(OC8OC(CO)C(O)C(OC)C8O)C7O)C(O)C6OC6OC(C)C(OC7OCC(O)C(OC8OC(CO)C(O)C(OC)C8O)C7O)C(O)C6O)CC[C@]45C)[C@]2(C)CC(=O)C31. The van der Waals surface area contributed by atoms with Crippen molar-refractivity contribution < 1.29 is 152 Å². The lowest BCUT2D eigenvalue weighted by Gasteiger charge is -2.63. The highest BCUT2D eigenvalue weighted by Gasteiger charge is 2.79. The molecule has 14 N–H and O–H groups in total. The molecule has 11 rings (SSSR count). The fraction of sp³-hybridized carbons (Fsp3) is 0.909. The van der Waals surface area contributed by atoms with E-state index >= 15 is 0 Å². The number of Topliss-reactive ketones (excluding diaryl/α,β-unsaturated/α-hetero) is 1. The summed E-state index contributed by atoms with van der Waals surface area (Å²) in [4.78, 5) is 29.1. The molecule has 1 spiro atoms. The van der Waals surface area contributed by atoms with Crippen molar-refractivity contribution in [1.29, 1.82) is 0 Å². The fourth-order valence-corrected chi connectivity index (χ4v) is 18.8. The molecule has 554 valence electrons. The Labute approximate surface area is 562 Å². The highest BCUT2D eigenvalue weighted by atomic mass is 16.8. The van der Waals surface area contributed by atoms with Crippen LogP contribution in [-0.2, 0) is 80.6 Å². The average molecular weight is 1390 g/mol. The molecule has 10 fully saturated rings. The van der Waals surface area contributed by atoms with Gasteiger partial charge in [0.05, 0.1) is 56.6 Å². The molecule has 7 heterocycles. The van der Waals surface area contributed by atoms with Gasteiger partial charge < -0.3 is 143 Å². The zero-order valence-electron chi connectivity index (χ0n) is 56.4. The molecule has 32 unspecified atom stereocenters. The van der Waals surface area contributed by atoms with Crippen LogP contribution in [0.5, 0.6) is 0 Å². The highest BCUT2D eigenvalue weighted by Crippen LogP contribution is 2.75. The van der Waals surface area contributed by atoms with Crippen LogP contribution in [0.2, 0.25) is 0 Å². The summed E-state index contributed by atoms with van der Waals surface area (Å²) >= 11 is 0. The minimum absolute atomic E-state index is 0.0511. The first-order valence-corrected chi connectivity index (χ1v) is 34.1. The van der Waals surface area contributed by atoms with Gasteiger partial charge in [0.2, 0.25) is 0 Å². The van der Waals surface area contributed by atoms with Crippen LogP contribution in [-0.4, -0.2) is 314 Å². The van der Waals surface area contributed by atoms with E-state index in [0.717, 1.165) is 18.4 Å². The van der Waals surface area contributed by atoms with E-state index < -0.39 is 244 Å². The van der Waals surface area contributed by atoms with Crippen LogP contribution in [0.1, 0.15) is 106 Å². The molecule has 0 amide bonds. The Balaban J connectivity index is 0.828. The number of cyclic esters (lactones) is 1. The van der Waals surface area contributed by atoms with Crippen molar-refractivity contribution in [3.8, 4) is 0 Å². The number of ether oxygens (including phenoxy) is 15. The second kappa shape index (κ2) is 29.2. The van der Waals surface area contributed by atoms with Gasteiger partial charge >= 0.3 is 5.97 Å². The van der Waals surface area contributed by atoms with E-state index in [2.05, 4.69) is 40.3 Å². The Morgan fingerprint density at radius 2 is 1.10 bits per heavy atom. The first-order valence-electron chi connectivity index (χ1n) is 34.1. The van der Waals surface area contributed by atoms with Crippen LogP contribution in [0, 0.1) is 39.4 Å². The molecule has 0 aromatic rings. The smallest absolute Gasteiger partial charge is 0.314 e. The van der Waals surface area contributed by atoms with Gasteiger partial charge in [0.25, 0.3) is 0 Å². The summed E-state index contributed by atoms with van der Waals surface area (Å²) in [6.07, 6.45) is -39.4. The Morgan fingerprint density at radius 3 is 1.69 bits per heavy atom. The fourth-order valence-electron chi connectivity index (χ4n) is 18.8. The van der Waals surface area contributed by atoms with Crippen LogP contribution in [0.15, 0.2) is 23.8 Å². The maximum absolute atomic E-state index is 14.6. The van der Waals surface area contributed by atoms with E-state index in [1.165, 1.54) is 26.7 Å². The van der Waals surface area contributed by atoms with Gasteiger partial charge in [-0.1, -0.05) is 44.9 Å². The number of rotatable bonds is 21. The molecule has 0 aromatic carbocycles. The predicted molar refractivity (Wildman–Crippen MR) is 325 cm³/mol. The molecule has 36 atom stereocenters. The Bertz CT molecular complexity index is 2780. The highest BCUT2D eigenvalue weighted by molar-refractivity contribution is 5.99. The third-order valence-corrected chi connectivity index (χ3v) is 24.0. The molecule has 31 nitrogen and oxygen atoms in total. The van der Waals surface area contributed by atoms with Crippen molar-refractivity contribution in [3.05, 3.63) is 23.8 Å². The van der Waals surface area contributed by atoms with Crippen LogP contribution in [0.4, 0.5) is 0 Å². The predicted octanol–water partition coefficient (Wildman–Crippen LogP) is -3.27. The van der Waals surface area contributed by atoms with Gasteiger partial charge in [-0.25, -0.2) is 0 Å². The number of hydrogen-bond donors (Lipinski definition) is 14. The molecule has 97 heavy (non-hydrogen) atoms. The van der Waals surface area contributed by atoms with Gasteiger partial charge in [-0.15, -0.1) is 6.58 Å². The summed E-state index contributed by atoms with van der Waals surface area (Å²) in [6.45, 7) is 14.6. The first-order chi connectivity index (χ1) is 45.8. The topological polar surface area (TPSA) is 456 Å². The lowest BCUT2D eigenvalue weighted by atomic mass is 9.41. The summed E-state index contributed by atoms with van der Waals surface area (Å²) in [7, 11) is 2.39. The van der Waals surface area contributed by atoms with Gasteiger partial charge in [0, 0.05) is 20.6 Å². The van der Waals surface area contributed by atoms with Crippen molar-refractivity contribution >= 4 is 11.8 Å². The quantitative estimate of drug-likeness (QED) is 0.0305. The summed E-state index contributed by atoms with van der Waals surface area (Å²) in [5.74, 6) is -0.990. The van der Waals surface area contributed by atoms with E-state index in [4.69, 9.17) is 71.1 Å². The molecule has 7 aliphatic heterocycles. The van der Waals surface area contributed by atoms with Crippen molar-refractivity contribution in [1.82, 2.24) is 0 Å². The third kappa shape index (κ3) is 13.1. The number of carbonyl (C=O) groups excluding carboxylic acids is 2. The number of ketones is 1. The Morgan fingerprint density at radius 1 is 0.577 bits per heavy atom. The van der Waals surface area contributed by atoms with Gasteiger partial charge in [0.15, 0.2) is 37.7 Å². The van der Waals surface area contributed by atoms with Crippen LogP contribution in [0.3, 0.4) is 0 Å². The molecule has 3 saturated carbocycles. The summed E-state index contributed by atoms with van der Waals surface area (Å²) in [5.41, 5.74) is -1.55. The number of esters is 1. The molecular formula is C66H104O31. The number of fused-ring (bicyclic) bond motifs is 4. The van der Waals surface area contributed by atoms with E-state index in [9.17, 15) is 81.1 Å². The second-order valence-electron chi connectivity index (χ2n) is 30.2. The Hall–Kier alpha value is -2.50. The summed E-state index contributed by atoms with van der Waals surface area (Å²) in [5, 5.41) is 156. The molecule has 0 radical (unpaired) electrons. The zero-order chi connectivity index (χ0) is 70.5. The number of aliphatic hydroxyl groups is 14. The molecule has 7 saturated heterocycles. The van der Waals surface area contributed by atoms with E-state index in [-0.39, 0.29) is 30.0 Å². The lowest BCUT2D eigenvalue weighted by molar-refractivity contribution is -0.394. The standard InChI is InChI=1S/C66H104O31/c1-26(2)12-11-17-65(8)54-30(70)20-64(7)29-13-14-36-62(4,5)37(16-18-63(36,6)28(29)15-19-66(54,64)61(82)97-65)92-60-53(41(75)35(25-86-60)91-57-47(81)52(40(74)34(23-69)88-57)95-59-46(80)51(84-10)39(73)33(22-68)90-59)96-56-43(77)42(76)48(27(3)87-56)93-55-44(78)49(31(71)24-85-55)94-58-45(79)50(83-9)38(72)32(21-67)89-58/h15,27,29,31-60,67-69,71-81H,1,11-14,16-25H2,2-10H3/t27?,29?,31?,32?,33?,34?,35?,36?,37-,38?,39?,40?,41?,42?,43?,44?,45?,46?,47?,48?,49?,50?,51?,52?,53?,54?,55?,56?,57?,58?,59?,60?,63+,64-,65-,66?/m0/s1. The summed E-state index contributed by atoms with van der Waals surface area (Å²) < 4.78 is 89.9.